The van der Waals surface area contributed by atoms with Gasteiger partial charge < -0.3 is 10.1 Å². The quantitative estimate of drug-likeness (QED) is 0.878. The standard InChI is InChI=1S/C14H10BrF3N2O2/c1-22-11-7-9(15)2-3-10(11)13(21)20-12-6-8(4-5-19-12)14(16,17)18/h2-7H,1H3,(H,19,20,21). The molecule has 0 fully saturated rings. The lowest BCUT2D eigenvalue weighted by molar-refractivity contribution is -0.137. The van der Waals surface area contributed by atoms with Crippen LogP contribution in [0.5, 0.6) is 5.75 Å². The van der Waals surface area contributed by atoms with Gasteiger partial charge >= 0.3 is 6.18 Å². The number of aromatic nitrogens is 1. The van der Waals surface area contributed by atoms with E-state index < -0.39 is 17.6 Å². The van der Waals surface area contributed by atoms with E-state index in [9.17, 15) is 18.0 Å². The summed E-state index contributed by atoms with van der Waals surface area (Å²) < 4.78 is 43.7. The summed E-state index contributed by atoms with van der Waals surface area (Å²) in [5.74, 6) is -0.514. The molecule has 2 rings (SSSR count). The first-order valence-corrected chi connectivity index (χ1v) is 6.78. The van der Waals surface area contributed by atoms with Crippen molar-refractivity contribution in [2.24, 2.45) is 0 Å². The van der Waals surface area contributed by atoms with Crippen LogP contribution in [0.3, 0.4) is 0 Å². The van der Waals surface area contributed by atoms with Crippen LogP contribution in [0.1, 0.15) is 15.9 Å². The van der Waals surface area contributed by atoms with Crippen LogP contribution in [0.25, 0.3) is 0 Å². The van der Waals surface area contributed by atoms with Gasteiger partial charge in [-0.15, -0.1) is 0 Å². The molecule has 1 amide bonds. The molecule has 0 saturated heterocycles. The van der Waals surface area contributed by atoms with Crippen LogP contribution in [0.2, 0.25) is 0 Å². The minimum Gasteiger partial charge on any atom is -0.496 e. The number of hydrogen-bond donors (Lipinski definition) is 1. The van der Waals surface area contributed by atoms with E-state index in [1.165, 1.54) is 13.2 Å². The topological polar surface area (TPSA) is 51.2 Å². The maximum Gasteiger partial charge on any atom is 0.416 e. The van der Waals surface area contributed by atoms with Crippen molar-refractivity contribution in [2.75, 3.05) is 12.4 Å². The summed E-state index contributed by atoms with van der Waals surface area (Å²) in [6.07, 6.45) is -3.52. The Kier molecular flexibility index (Phi) is 4.70. The van der Waals surface area contributed by atoms with Gasteiger partial charge in [0.05, 0.1) is 18.2 Å². The average molecular weight is 375 g/mol. The Morgan fingerprint density at radius 2 is 2.00 bits per heavy atom. The molecule has 1 N–H and O–H groups in total. The van der Waals surface area contributed by atoms with E-state index in [2.05, 4.69) is 26.2 Å². The molecule has 0 atom stereocenters. The smallest absolute Gasteiger partial charge is 0.416 e. The fraction of sp³-hybridized carbons (Fsp3) is 0.143. The molecule has 1 aromatic carbocycles. The van der Waals surface area contributed by atoms with Gasteiger partial charge in [-0.05, 0) is 30.3 Å². The van der Waals surface area contributed by atoms with Gasteiger partial charge in [0.1, 0.15) is 11.6 Å². The number of rotatable bonds is 3. The molecule has 22 heavy (non-hydrogen) atoms. The number of nitrogens with one attached hydrogen (secondary N) is 1. The molecule has 0 saturated carbocycles. The predicted molar refractivity (Wildman–Crippen MR) is 77.9 cm³/mol. The lowest BCUT2D eigenvalue weighted by Crippen LogP contribution is -2.15. The number of ether oxygens (including phenoxy) is 1. The normalized spacial score (nSPS) is 11.1. The van der Waals surface area contributed by atoms with Crippen molar-refractivity contribution in [1.29, 1.82) is 0 Å². The fourth-order valence-electron chi connectivity index (χ4n) is 1.71. The number of hydrogen-bond acceptors (Lipinski definition) is 3. The molecule has 0 bridgehead atoms. The Morgan fingerprint density at radius 1 is 1.27 bits per heavy atom. The first-order valence-electron chi connectivity index (χ1n) is 5.99. The second-order valence-electron chi connectivity index (χ2n) is 4.23. The number of nitrogens with zero attached hydrogens (tertiary/aromatic N) is 1. The second-order valence-corrected chi connectivity index (χ2v) is 5.14. The van der Waals surface area contributed by atoms with Gasteiger partial charge in [0.2, 0.25) is 0 Å². The second kappa shape index (κ2) is 6.35. The summed E-state index contributed by atoms with van der Waals surface area (Å²) in [5, 5.41) is 2.32. The van der Waals surface area contributed by atoms with Crippen LogP contribution in [-0.2, 0) is 6.18 Å². The number of anilines is 1. The highest BCUT2D eigenvalue weighted by Gasteiger charge is 2.30. The number of amides is 1. The number of methoxy groups -OCH3 is 1. The van der Waals surface area contributed by atoms with Crippen LogP contribution in [0.15, 0.2) is 41.0 Å². The van der Waals surface area contributed by atoms with Gasteiger partial charge in [-0.1, -0.05) is 15.9 Å². The number of alkyl halides is 3. The highest BCUT2D eigenvalue weighted by Crippen LogP contribution is 2.30. The van der Waals surface area contributed by atoms with Crippen LogP contribution < -0.4 is 10.1 Å². The molecule has 0 aliphatic heterocycles. The largest absolute Gasteiger partial charge is 0.496 e. The highest BCUT2D eigenvalue weighted by atomic mass is 79.9. The summed E-state index contributed by atoms with van der Waals surface area (Å²) in [4.78, 5) is 15.8. The number of pyridine rings is 1. The van der Waals surface area contributed by atoms with E-state index in [1.54, 1.807) is 12.1 Å². The Bertz CT molecular complexity index is 705. The third-order valence-electron chi connectivity index (χ3n) is 2.74. The molecule has 4 nitrogen and oxygen atoms in total. The molecule has 8 heteroatoms. The van der Waals surface area contributed by atoms with Gasteiger partial charge in [0.15, 0.2) is 0 Å². The van der Waals surface area contributed by atoms with E-state index in [-0.39, 0.29) is 11.4 Å². The lowest BCUT2D eigenvalue weighted by Gasteiger charge is -2.11. The van der Waals surface area contributed by atoms with Gasteiger partial charge in [0.25, 0.3) is 5.91 Å². The van der Waals surface area contributed by atoms with Crippen LogP contribution in [0, 0.1) is 0 Å². The predicted octanol–water partition coefficient (Wildman–Crippen LogP) is 4.12. The van der Waals surface area contributed by atoms with E-state index in [0.717, 1.165) is 18.3 Å². The van der Waals surface area contributed by atoms with Gasteiger partial charge in [-0.25, -0.2) is 4.98 Å². The first kappa shape index (κ1) is 16.3. The zero-order valence-corrected chi connectivity index (χ0v) is 12.8. The van der Waals surface area contributed by atoms with Crippen molar-refractivity contribution < 1.29 is 22.7 Å². The minimum absolute atomic E-state index is 0.185. The molecule has 0 aliphatic carbocycles. The molecule has 0 spiro atoms. The summed E-state index contributed by atoms with van der Waals surface area (Å²) in [5.41, 5.74) is -0.703. The maximum absolute atomic E-state index is 12.6. The number of carbonyl (C=O) groups is 1. The third-order valence-corrected chi connectivity index (χ3v) is 3.23. The average Bonchev–Trinajstić information content (AvgIpc) is 2.46. The van der Waals surface area contributed by atoms with Gasteiger partial charge in [-0.2, -0.15) is 13.2 Å². The maximum atomic E-state index is 12.6. The summed E-state index contributed by atoms with van der Waals surface area (Å²) in [6.45, 7) is 0. The van der Waals surface area contributed by atoms with Crippen molar-refractivity contribution >= 4 is 27.7 Å². The van der Waals surface area contributed by atoms with Crippen molar-refractivity contribution in [3.05, 3.63) is 52.1 Å². The lowest BCUT2D eigenvalue weighted by atomic mass is 10.2. The van der Waals surface area contributed by atoms with Crippen LogP contribution in [-0.4, -0.2) is 18.0 Å². The fourth-order valence-corrected chi connectivity index (χ4v) is 2.05. The molecule has 2 aromatic rings. The Morgan fingerprint density at radius 3 is 2.64 bits per heavy atom. The Hall–Kier alpha value is -2.09. The Balaban J connectivity index is 2.26. The molecule has 0 radical (unpaired) electrons. The minimum atomic E-state index is -4.50. The number of halogens is 4. The summed E-state index contributed by atoms with van der Waals surface area (Å²) >= 11 is 3.24. The number of benzene rings is 1. The van der Waals surface area contributed by atoms with Gasteiger partial charge in [0, 0.05) is 10.7 Å². The van der Waals surface area contributed by atoms with Gasteiger partial charge in [-0.3, -0.25) is 4.79 Å². The van der Waals surface area contributed by atoms with E-state index in [0.29, 0.717) is 10.2 Å². The van der Waals surface area contributed by atoms with E-state index in [4.69, 9.17) is 4.74 Å². The van der Waals surface area contributed by atoms with Crippen molar-refractivity contribution in [3.63, 3.8) is 0 Å². The molecular weight excluding hydrogens is 365 g/mol. The highest BCUT2D eigenvalue weighted by molar-refractivity contribution is 9.10. The van der Waals surface area contributed by atoms with Crippen LogP contribution in [0.4, 0.5) is 19.0 Å². The molecule has 116 valence electrons. The van der Waals surface area contributed by atoms with Crippen molar-refractivity contribution in [2.45, 2.75) is 6.18 Å². The van der Waals surface area contributed by atoms with E-state index in [1.807, 2.05) is 0 Å². The zero-order valence-electron chi connectivity index (χ0n) is 11.2. The molecule has 1 heterocycles. The third kappa shape index (κ3) is 3.76. The molecule has 1 aromatic heterocycles. The molecule has 0 aliphatic rings. The van der Waals surface area contributed by atoms with E-state index >= 15 is 0 Å². The molecular formula is C14H10BrF3N2O2. The summed E-state index contributed by atoms with van der Waals surface area (Å²) in [6, 6.07) is 6.29. The van der Waals surface area contributed by atoms with Crippen molar-refractivity contribution in [3.8, 4) is 5.75 Å². The monoisotopic (exact) mass is 374 g/mol. The Labute approximate surface area is 132 Å². The van der Waals surface area contributed by atoms with Crippen molar-refractivity contribution in [1.82, 2.24) is 4.98 Å². The first-order chi connectivity index (χ1) is 10.3. The SMILES string of the molecule is COc1cc(Br)ccc1C(=O)Nc1cc(C(F)(F)F)ccn1. The number of carbonyl (C=O) groups excluding carboxylic acids is 1. The zero-order chi connectivity index (χ0) is 16.3. The summed E-state index contributed by atoms with van der Waals surface area (Å²) in [7, 11) is 1.39. The molecule has 0 unspecified atom stereocenters. The van der Waals surface area contributed by atoms with Crippen LogP contribution >= 0.6 is 15.9 Å².